The highest BCUT2D eigenvalue weighted by Gasteiger charge is 2.34. The molecule has 1 rings (SSSR count). The van der Waals surface area contributed by atoms with Gasteiger partial charge < -0.3 is 10.1 Å². The fraction of sp³-hybridized carbons (Fsp3) is 0.778. The topological polar surface area (TPSA) is 49.4 Å². The molecule has 1 N–H and O–H groups in total. The molecule has 13 heavy (non-hydrogen) atoms. The van der Waals surface area contributed by atoms with E-state index >= 15 is 0 Å². The molecule has 4 heteroatoms. The Morgan fingerprint density at radius 1 is 1.69 bits per heavy atom. The predicted octanol–water partition coefficient (Wildman–Crippen LogP) is -0.358. The number of amides is 1. The van der Waals surface area contributed by atoms with E-state index in [0.29, 0.717) is 6.54 Å². The van der Waals surface area contributed by atoms with Crippen LogP contribution in [0.5, 0.6) is 0 Å². The molecule has 2 atom stereocenters. The van der Waals surface area contributed by atoms with Gasteiger partial charge in [0.1, 0.15) is 6.29 Å². The molecule has 1 aliphatic heterocycles. The summed E-state index contributed by atoms with van der Waals surface area (Å²) < 4.78 is 0. The molecular weight excluding hydrogens is 168 g/mol. The first-order valence-electron chi connectivity index (χ1n) is 4.60. The summed E-state index contributed by atoms with van der Waals surface area (Å²) in [6.45, 7) is 3.28. The Hall–Kier alpha value is -0.900. The van der Waals surface area contributed by atoms with Gasteiger partial charge in [0, 0.05) is 13.1 Å². The Kier molecular flexibility index (Phi) is 3.42. The third kappa shape index (κ3) is 2.06. The van der Waals surface area contributed by atoms with E-state index in [4.69, 9.17) is 0 Å². The van der Waals surface area contributed by atoms with Crippen molar-refractivity contribution in [3.05, 3.63) is 0 Å². The van der Waals surface area contributed by atoms with Gasteiger partial charge in [-0.05, 0) is 19.9 Å². The summed E-state index contributed by atoms with van der Waals surface area (Å²) in [5.74, 6) is 0.130. The summed E-state index contributed by atoms with van der Waals surface area (Å²) in [4.78, 5) is 23.7. The number of nitrogens with one attached hydrogen (secondary N) is 1. The molecule has 2 unspecified atom stereocenters. The van der Waals surface area contributed by atoms with Gasteiger partial charge in [-0.1, -0.05) is 0 Å². The predicted molar refractivity (Wildman–Crippen MR) is 49.3 cm³/mol. The minimum Gasteiger partial charge on any atom is -0.359 e. The third-order valence-corrected chi connectivity index (χ3v) is 2.78. The molecule has 1 saturated heterocycles. The Bertz CT molecular complexity index is 206. The van der Waals surface area contributed by atoms with Gasteiger partial charge in [0.15, 0.2) is 0 Å². The molecule has 4 nitrogen and oxygen atoms in total. The number of nitrogens with zero attached hydrogens (tertiary/aromatic N) is 1. The van der Waals surface area contributed by atoms with Crippen LogP contribution in [0.25, 0.3) is 0 Å². The van der Waals surface area contributed by atoms with Crippen molar-refractivity contribution >= 4 is 12.2 Å². The molecule has 1 heterocycles. The monoisotopic (exact) mass is 184 g/mol. The molecule has 1 aliphatic rings. The van der Waals surface area contributed by atoms with Crippen LogP contribution in [0, 0.1) is 5.92 Å². The summed E-state index contributed by atoms with van der Waals surface area (Å²) in [5.41, 5.74) is 0. The van der Waals surface area contributed by atoms with Crippen LogP contribution in [0.4, 0.5) is 0 Å². The van der Waals surface area contributed by atoms with Crippen molar-refractivity contribution in [1.82, 2.24) is 10.2 Å². The van der Waals surface area contributed by atoms with Crippen LogP contribution in [-0.2, 0) is 9.59 Å². The summed E-state index contributed by atoms with van der Waals surface area (Å²) in [6, 6.07) is 0.185. The van der Waals surface area contributed by atoms with E-state index in [1.54, 1.807) is 7.05 Å². The molecule has 1 amide bonds. The molecule has 0 aromatic rings. The van der Waals surface area contributed by atoms with Crippen LogP contribution in [0.3, 0.4) is 0 Å². The van der Waals surface area contributed by atoms with Crippen LogP contribution < -0.4 is 5.32 Å². The normalized spacial score (nSPS) is 28.8. The minimum atomic E-state index is 0.0462. The first kappa shape index (κ1) is 10.2. The molecule has 74 valence electrons. The maximum absolute atomic E-state index is 11.3. The highest BCUT2D eigenvalue weighted by molar-refractivity contribution is 5.79. The smallest absolute Gasteiger partial charge is 0.224 e. The Labute approximate surface area is 78.3 Å². The van der Waals surface area contributed by atoms with Gasteiger partial charge in [-0.25, -0.2) is 0 Å². The maximum atomic E-state index is 11.3. The lowest BCUT2D eigenvalue weighted by Crippen LogP contribution is -2.37. The quantitative estimate of drug-likeness (QED) is 0.609. The Morgan fingerprint density at radius 3 is 2.92 bits per heavy atom. The largest absolute Gasteiger partial charge is 0.359 e. The minimum absolute atomic E-state index is 0.0462. The van der Waals surface area contributed by atoms with Crippen molar-refractivity contribution in [2.24, 2.45) is 5.92 Å². The number of hydrogen-bond acceptors (Lipinski definition) is 3. The van der Waals surface area contributed by atoms with Gasteiger partial charge >= 0.3 is 0 Å². The van der Waals surface area contributed by atoms with E-state index in [9.17, 15) is 9.59 Å². The first-order chi connectivity index (χ1) is 6.20. The van der Waals surface area contributed by atoms with E-state index in [1.807, 2.05) is 11.8 Å². The van der Waals surface area contributed by atoms with Crippen molar-refractivity contribution in [3.63, 3.8) is 0 Å². The molecule has 0 aromatic carbocycles. The Balaban J connectivity index is 2.54. The molecule has 0 saturated carbocycles. The fourth-order valence-corrected chi connectivity index (χ4v) is 1.89. The van der Waals surface area contributed by atoms with E-state index in [-0.39, 0.29) is 17.9 Å². The van der Waals surface area contributed by atoms with Crippen LogP contribution >= 0.6 is 0 Å². The van der Waals surface area contributed by atoms with Gasteiger partial charge in [0.2, 0.25) is 5.91 Å². The highest BCUT2D eigenvalue weighted by Crippen LogP contribution is 2.23. The number of carbonyl (C=O) groups excluding carboxylic acids is 2. The van der Waals surface area contributed by atoms with Crippen molar-refractivity contribution in [2.45, 2.75) is 19.4 Å². The summed E-state index contributed by atoms with van der Waals surface area (Å²) in [7, 11) is 1.65. The number of aldehydes is 1. The SMILES string of the molecule is CNC(=O)C1CCN(CC=O)C1C. The number of likely N-dealkylation sites (tertiary alicyclic amines) is 1. The van der Waals surface area contributed by atoms with Crippen molar-refractivity contribution in [2.75, 3.05) is 20.1 Å². The molecule has 0 radical (unpaired) electrons. The van der Waals surface area contributed by atoms with Gasteiger partial charge in [0.25, 0.3) is 0 Å². The molecule has 0 spiro atoms. The standard InChI is InChI=1S/C9H16N2O2/c1-7-8(9(13)10-2)3-4-11(7)5-6-12/h6-8H,3-5H2,1-2H3,(H,10,13). The zero-order valence-corrected chi connectivity index (χ0v) is 8.12. The van der Waals surface area contributed by atoms with E-state index in [0.717, 1.165) is 19.3 Å². The average Bonchev–Trinajstić information content (AvgIpc) is 2.48. The summed E-state index contributed by atoms with van der Waals surface area (Å²) in [6.07, 6.45) is 1.75. The lowest BCUT2D eigenvalue weighted by atomic mass is 10.0. The second-order valence-corrected chi connectivity index (χ2v) is 3.41. The number of hydrogen-bond donors (Lipinski definition) is 1. The van der Waals surface area contributed by atoms with Gasteiger partial charge in [-0.2, -0.15) is 0 Å². The molecule has 1 fully saturated rings. The maximum Gasteiger partial charge on any atom is 0.224 e. The molecule has 0 bridgehead atoms. The Morgan fingerprint density at radius 2 is 2.38 bits per heavy atom. The van der Waals surface area contributed by atoms with Crippen molar-refractivity contribution < 1.29 is 9.59 Å². The zero-order chi connectivity index (χ0) is 9.84. The second kappa shape index (κ2) is 4.37. The average molecular weight is 184 g/mol. The van der Waals surface area contributed by atoms with Crippen LogP contribution in [-0.4, -0.2) is 43.3 Å². The molecular formula is C9H16N2O2. The van der Waals surface area contributed by atoms with E-state index < -0.39 is 0 Å². The second-order valence-electron chi connectivity index (χ2n) is 3.41. The number of rotatable bonds is 3. The molecule has 0 aromatic heterocycles. The van der Waals surface area contributed by atoms with Crippen LogP contribution in [0.15, 0.2) is 0 Å². The van der Waals surface area contributed by atoms with E-state index in [2.05, 4.69) is 5.32 Å². The lowest BCUT2D eigenvalue weighted by Gasteiger charge is -2.21. The summed E-state index contributed by atoms with van der Waals surface area (Å²) >= 11 is 0. The molecule has 0 aliphatic carbocycles. The number of carbonyl (C=O) groups is 2. The zero-order valence-electron chi connectivity index (χ0n) is 8.12. The van der Waals surface area contributed by atoms with Crippen LogP contribution in [0.2, 0.25) is 0 Å². The fourth-order valence-electron chi connectivity index (χ4n) is 1.89. The highest BCUT2D eigenvalue weighted by atomic mass is 16.2. The lowest BCUT2D eigenvalue weighted by molar-refractivity contribution is -0.125. The van der Waals surface area contributed by atoms with E-state index in [1.165, 1.54) is 0 Å². The van der Waals surface area contributed by atoms with Crippen molar-refractivity contribution in [3.8, 4) is 0 Å². The third-order valence-electron chi connectivity index (χ3n) is 2.78. The summed E-state index contributed by atoms with van der Waals surface area (Å²) in [5, 5.41) is 2.65. The van der Waals surface area contributed by atoms with Crippen molar-refractivity contribution in [1.29, 1.82) is 0 Å². The van der Waals surface area contributed by atoms with Gasteiger partial charge in [-0.3, -0.25) is 9.69 Å². The first-order valence-corrected chi connectivity index (χ1v) is 4.60. The van der Waals surface area contributed by atoms with Gasteiger partial charge in [-0.15, -0.1) is 0 Å². The van der Waals surface area contributed by atoms with Crippen LogP contribution in [0.1, 0.15) is 13.3 Å². The van der Waals surface area contributed by atoms with Gasteiger partial charge in [0.05, 0.1) is 12.5 Å².